The average molecular weight is 204 g/mol. The molecule has 3 nitrogen and oxygen atoms in total. The third-order valence-electron chi connectivity index (χ3n) is 2.85. The van der Waals surface area contributed by atoms with Crippen molar-refractivity contribution in [1.29, 1.82) is 0 Å². The Labute approximate surface area is 79.4 Å². The van der Waals surface area contributed by atoms with E-state index >= 15 is 0 Å². The molecule has 76 valence electrons. The summed E-state index contributed by atoms with van der Waals surface area (Å²) in [6.45, 7) is 3.28. The van der Waals surface area contributed by atoms with Crippen LogP contribution in [0.15, 0.2) is 0 Å². The molecule has 0 spiro atoms. The van der Waals surface area contributed by atoms with Gasteiger partial charge in [0.1, 0.15) is 11.0 Å². The molecule has 0 radical (unpaired) electrons. The Morgan fingerprint density at radius 2 is 1.69 bits per heavy atom. The Kier molecular flexibility index (Phi) is 2.80. The Morgan fingerprint density at radius 1 is 1.23 bits per heavy atom. The van der Waals surface area contributed by atoms with Crippen LogP contribution in [0.3, 0.4) is 0 Å². The van der Waals surface area contributed by atoms with Gasteiger partial charge in [-0.25, -0.2) is 8.42 Å². The lowest BCUT2D eigenvalue weighted by molar-refractivity contribution is -0.109. The van der Waals surface area contributed by atoms with Crippen LogP contribution in [0.4, 0.5) is 0 Å². The van der Waals surface area contributed by atoms with Crippen LogP contribution in [-0.2, 0) is 14.6 Å². The molecule has 0 aliphatic heterocycles. The molecule has 0 unspecified atom stereocenters. The first-order valence-electron chi connectivity index (χ1n) is 4.66. The summed E-state index contributed by atoms with van der Waals surface area (Å²) in [6.07, 6.45) is 3.37. The summed E-state index contributed by atoms with van der Waals surface area (Å²) < 4.78 is 22.7. The number of carbonyl (C=O) groups excluding carboxylic acids is 1. The lowest BCUT2D eigenvalue weighted by Crippen LogP contribution is -2.41. The zero-order chi connectivity index (χ0) is 10.1. The number of hydrogen-bond acceptors (Lipinski definition) is 3. The highest BCUT2D eigenvalue weighted by Crippen LogP contribution is 2.37. The Balaban J connectivity index is 3.08. The van der Waals surface area contributed by atoms with E-state index in [2.05, 4.69) is 0 Å². The highest BCUT2D eigenvalue weighted by molar-refractivity contribution is 7.94. The van der Waals surface area contributed by atoms with Gasteiger partial charge in [-0.15, -0.1) is 0 Å². The van der Waals surface area contributed by atoms with E-state index in [0.29, 0.717) is 19.1 Å². The van der Waals surface area contributed by atoms with Gasteiger partial charge < -0.3 is 4.79 Å². The fourth-order valence-electron chi connectivity index (χ4n) is 1.91. The molecule has 0 atom stereocenters. The van der Waals surface area contributed by atoms with Gasteiger partial charge >= 0.3 is 0 Å². The van der Waals surface area contributed by atoms with Gasteiger partial charge in [-0.3, -0.25) is 0 Å². The molecule has 1 saturated carbocycles. The SMILES string of the molecule is CC(C)S(=O)(=O)C1(C=O)CCCC1. The largest absolute Gasteiger partial charge is 0.302 e. The van der Waals surface area contributed by atoms with Gasteiger partial charge in [-0.05, 0) is 26.7 Å². The Bertz CT molecular complexity index is 284. The summed E-state index contributed by atoms with van der Waals surface area (Å²) >= 11 is 0. The molecule has 1 rings (SSSR count). The summed E-state index contributed by atoms with van der Waals surface area (Å²) in [7, 11) is -3.26. The van der Waals surface area contributed by atoms with Crippen molar-refractivity contribution in [3.8, 4) is 0 Å². The van der Waals surface area contributed by atoms with E-state index in [1.54, 1.807) is 13.8 Å². The lowest BCUT2D eigenvalue weighted by atomic mass is 10.1. The van der Waals surface area contributed by atoms with Crippen LogP contribution in [0.1, 0.15) is 39.5 Å². The van der Waals surface area contributed by atoms with Crippen LogP contribution in [0.25, 0.3) is 0 Å². The van der Waals surface area contributed by atoms with Gasteiger partial charge in [-0.1, -0.05) is 12.8 Å². The average Bonchev–Trinajstić information content (AvgIpc) is 2.53. The Hall–Kier alpha value is -0.380. The van der Waals surface area contributed by atoms with Crippen LogP contribution in [-0.4, -0.2) is 24.7 Å². The molecule has 0 N–H and O–H groups in total. The van der Waals surface area contributed by atoms with Crippen molar-refractivity contribution in [3.05, 3.63) is 0 Å². The summed E-state index contributed by atoms with van der Waals surface area (Å²) in [5.41, 5.74) is 0. The van der Waals surface area contributed by atoms with Crippen LogP contribution in [0.5, 0.6) is 0 Å². The van der Waals surface area contributed by atoms with Crippen molar-refractivity contribution in [2.45, 2.75) is 49.5 Å². The van der Waals surface area contributed by atoms with Crippen molar-refractivity contribution in [2.24, 2.45) is 0 Å². The maximum Gasteiger partial charge on any atom is 0.165 e. The third-order valence-corrected chi connectivity index (χ3v) is 5.73. The van der Waals surface area contributed by atoms with Crippen molar-refractivity contribution in [3.63, 3.8) is 0 Å². The molecule has 0 aromatic heterocycles. The lowest BCUT2D eigenvalue weighted by Gasteiger charge is -2.24. The van der Waals surface area contributed by atoms with Gasteiger partial charge in [0.25, 0.3) is 0 Å². The quantitative estimate of drug-likeness (QED) is 0.651. The van der Waals surface area contributed by atoms with E-state index in [0.717, 1.165) is 12.8 Å². The van der Waals surface area contributed by atoms with E-state index in [1.165, 1.54) is 0 Å². The molecular weight excluding hydrogens is 188 g/mol. The first kappa shape index (κ1) is 10.7. The van der Waals surface area contributed by atoms with E-state index in [4.69, 9.17) is 0 Å². The molecule has 0 aromatic carbocycles. The first-order valence-corrected chi connectivity index (χ1v) is 6.21. The molecule has 4 heteroatoms. The molecule has 0 saturated heterocycles. The minimum absolute atomic E-state index is 0.448. The highest BCUT2D eigenvalue weighted by Gasteiger charge is 2.47. The molecule has 1 fully saturated rings. The maximum absolute atomic E-state index is 11.9. The van der Waals surface area contributed by atoms with E-state index in [-0.39, 0.29) is 0 Å². The van der Waals surface area contributed by atoms with Gasteiger partial charge in [0.15, 0.2) is 9.84 Å². The molecule has 13 heavy (non-hydrogen) atoms. The zero-order valence-corrected chi connectivity index (χ0v) is 8.93. The van der Waals surface area contributed by atoms with Gasteiger partial charge in [-0.2, -0.15) is 0 Å². The molecular formula is C9H16O3S. The number of sulfone groups is 1. The van der Waals surface area contributed by atoms with Crippen molar-refractivity contribution in [2.75, 3.05) is 0 Å². The molecule has 1 aliphatic carbocycles. The fraction of sp³-hybridized carbons (Fsp3) is 0.889. The topological polar surface area (TPSA) is 51.2 Å². The maximum atomic E-state index is 11.9. The predicted octanol–water partition coefficient (Wildman–Crippen LogP) is 1.32. The van der Waals surface area contributed by atoms with Crippen molar-refractivity contribution >= 4 is 16.1 Å². The van der Waals surface area contributed by atoms with Gasteiger partial charge in [0.2, 0.25) is 0 Å². The second-order valence-corrected chi connectivity index (χ2v) is 6.83. The van der Waals surface area contributed by atoms with Crippen LogP contribution in [0, 0.1) is 0 Å². The van der Waals surface area contributed by atoms with Crippen LogP contribution >= 0.6 is 0 Å². The Morgan fingerprint density at radius 3 is 2.00 bits per heavy atom. The predicted molar refractivity (Wildman–Crippen MR) is 51.3 cm³/mol. The molecule has 0 heterocycles. The summed E-state index contributed by atoms with van der Waals surface area (Å²) in [5.74, 6) is 0. The first-order chi connectivity index (χ1) is 5.96. The minimum atomic E-state index is -3.26. The van der Waals surface area contributed by atoms with Crippen molar-refractivity contribution < 1.29 is 13.2 Å². The zero-order valence-electron chi connectivity index (χ0n) is 8.12. The monoisotopic (exact) mass is 204 g/mol. The summed E-state index contributed by atoms with van der Waals surface area (Å²) in [6, 6.07) is 0. The second kappa shape index (κ2) is 3.40. The molecule has 0 bridgehead atoms. The number of aldehydes is 1. The van der Waals surface area contributed by atoms with E-state index in [1.807, 2.05) is 0 Å². The number of hydrogen-bond donors (Lipinski definition) is 0. The molecule has 0 amide bonds. The van der Waals surface area contributed by atoms with Crippen molar-refractivity contribution in [1.82, 2.24) is 0 Å². The number of carbonyl (C=O) groups is 1. The summed E-state index contributed by atoms with van der Waals surface area (Å²) in [5, 5.41) is -0.448. The fourth-order valence-corrected chi connectivity index (χ4v) is 3.84. The third kappa shape index (κ3) is 1.52. The molecule has 0 aromatic rings. The summed E-state index contributed by atoms with van der Waals surface area (Å²) in [4.78, 5) is 10.9. The second-order valence-electron chi connectivity index (χ2n) is 3.98. The minimum Gasteiger partial charge on any atom is -0.302 e. The van der Waals surface area contributed by atoms with Gasteiger partial charge in [0.05, 0.1) is 5.25 Å². The molecule has 1 aliphatic rings. The van der Waals surface area contributed by atoms with Crippen LogP contribution < -0.4 is 0 Å². The van der Waals surface area contributed by atoms with E-state index < -0.39 is 19.8 Å². The normalized spacial score (nSPS) is 22.1. The van der Waals surface area contributed by atoms with Crippen LogP contribution in [0.2, 0.25) is 0 Å². The smallest absolute Gasteiger partial charge is 0.165 e. The highest BCUT2D eigenvalue weighted by atomic mass is 32.2. The standard InChI is InChI=1S/C9H16O3S/c1-8(2)13(11,12)9(7-10)5-3-4-6-9/h7-8H,3-6H2,1-2H3. The van der Waals surface area contributed by atoms with Gasteiger partial charge in [0, 0.05) is 0 Å². The number of rotatable bonds is 3. The van der Waals surface area contributed by atoms with E-state index in [9.17, 15) is 13.2 Å².